The van der Waals surface area contributed by atoms with Crippen LogP contribution in [0.2, 0.25) is 5.02 Å². The first kappa shape index (κ1) is 29.8. The zero-order chi connectivity index (χ0) is 29.4. The topological polar surface area (TPSA) is 77.5 Å². The van der Waals surface area contributed by atoms with E-state index in [9.17, 15) is 9.59 Å². The Hall–Kier alpha value is -4.17. The highest BCUT2D eigenvalue weighted by molar-refractivity contribution is 6.30. The molecule has 0 atom stereocenters. The van der Waals surface area contributed by atoms with Crippen LogP contribution in [-0.2, 0) is 4.79 Å². The molecule has 3 aromatic rings. The van der Waals surface area contributed by atoms with E-state index in [1.807, 2.05) is 42.5 Å². The summed E-state index contributed by atoms with van der Waals surface area (Å²) in [6, 6.07) is 18.4. The predicted molar refractivity (Wildman–Crippen MR) is 159 cm³/mol. The minimum atomic E-state index is -0.171. The monoisotopic (exact) mass is 578 g/mol. The van der Waals surface area contributed by atoms with E-state index >= 15 is 0 Å². The summed E-state index contributed by atoms with van der Waals surface area (Å²) in [6.45, 7) is 4.24. The quantitative estimate of drug-likeness (QED) is 0.293. The minimum Gasteiger partial charge on any atom is -0.494 e. The fraction of sp³-hybridized carbons (Fsp3) is 0.312. The number of methoxy groups -OCH3 is 3. The number of carbonyl (C=O) groups excluding carboxylic acids is 2. The molecule has 9 heteroatoms. The van der Waals surface area contributed by atoms with Gasteiger partial charge in [0, 0.05) is 42.8 Å². The Morgan fingerprint density at radius 3 is 2.00 bits per heavy atom. The van der Waals surface area contributed by atoms with Gasteiger partial charge in [0.1, 0.15) is 5.75 Å². The molecular weight excluding hydrogens is 544 g/mol. The molecule has 1 fully saturated rings. The lowest BCUT2D eigenvalue weighted by atomic mass is 9.97. The number of hydrogen-bond acceptors (Lipinski definition) is 6. The molecular formula is C32H35ClN2O6. The van der Waals surface area contributed by atoms with Crippen LogP contribution in [0, 0.1) is 0 Å². The number of ether oxygens (including phenoxy) is 4. The van der Waals surface area contributed by atoms with Crippen LogP contribution in [-0.4, -0.2) is 75.7 Å². The standard InChI is InChI=1S/C32H35ClN2O6/c1-5-16-41-26-11-7-9-23(18-26)27(22-8-6-10-25(33)17-22)21-30(36)34-12-14-35(15-13-34)32(37)24-19-28(38-2)31(40-4)29(20-24)39-3/h6-11,17-21H,5,12-16H2,1-4H3/b27-21+. The van der Waals surface area contributed by atoms with Crippen molar-refractivity contribution in [2.45, 2.75) is 13.3 Å². The molecule has 1 aliphatic rings. The van der Waals surface area contributed by atoms with Crippen molar-refractivity contribution in [2.75, 3.05) is 54.1 Å². The third-order valence-corrected chi connectivity index (χ3v) is 7.05. The summed E-state index contributed by atoms with van der Waals surface area (Å²) in [5, 5.41) is 0.582. The molecule has 0 spiro atoms. The van der Waals surface area contributed by atoms with E-state index in [4.69, 9.17) is 30.5 Å². The van der Waals surface area contributed by atoms with Crippen LogP contribution in [0.15, 0.2) is 66.7 Å². The number of piperazine rings is 1. The van der Waals surface area contributed by atoms with Crippen molar-refractivity contribution >= 4 is 29.0 Å². The fourth-order valence-electron chi connectivity index (χ4n) is 4.69. The van der Waals surface area contributed by atoms with E-state index in [0.29, 0.717) is 60.6 Å². The van der Waals surface area contributed by atoms with Crippen LogP contribution < -0.4 is 18.9 Å². The Morgan fingerprint density at radius 2 is 1.41 bits per heavy atom. The SMILES string of the molecule is CCCOc1cccc(/C(=C/C(=O)N2CCN(C(=O)c3cc(OC)c(OC)c(OC)c3)CC2)c2cccc(Cl)c2)c1. The molecule has 0 aliphatic carbocycles. The van der Waals surface area contributed by atoms with Crippen molar-refractivity contribution < 1.29 is 28.5 Å². The molecule has 0 radical (unpaired) electrons. The zero-order valence-electron chi connectivity index (χ0n) is 23.8. The summed E-state index contributed by atoms with van der Waals surface area (Å²) in [5.41, 5.74) is 2.85. The van der Waals surface area contributed by atoms with Gasteiger partial charge in [-0.15, -0.1) is 0 Å². The van der Waals surface area contributed by atoms with E-state index in [-0.39, 0.29) is 11.8 Å². The van der Waals surface area contributed by atoms with Gasteiger partial charge in [-0.25, -0.2) is 0 Å². The van der Waals surface area contributed by atoms with Crippen LogP contribution in [0.3, 0.4) is 0 Å². The van der Waals surface area contributed by atoms with Crippen LogP contribution in [0.25, 0.3) is 5.57 Å². The number of benzene rings is 3. The number of rotatable bonds is 10. The van der Waals surface area contributed by atoms with Crippen LogP contribution in [0.4, 0.5) is 0 Å². The van der Waals surface area contributed by atoms with Gasteiger partial charge >= 0.3 is 0 Å². The van der Waals surface area contributed by atoms with Crippen LogP contribution in [0.1, 0.15) is 34.8 Å². The van der Waals surface area contributed by atoms with Crippen LogP contribution >= 0.6 is 11.6 Å². The summed E-state index contributed by atoms with van der Waals surface area (Å²) < 4.78 is 22.0. The third kappa shape index (κ3) is 7.13. The lowest BCUT2D eigenvalue weighted by Crippen LogP contribution is -2.50. The Kier molecular flexibility index (Phi) is 10.1. The first-order valence-electron chi connectivity index (χ1n) is 13.5. The molecule has 0 saturated carbocycles. The second kappa shape index (κ2) is 13.9. The van der Waals surface area contributed by atoms with Gasteiger partial charge in [-0.2, -0.15) is 0 Å². The van der Waals surface area contributed by atoms with Gasteiger partial charge in [0.25, 0.3) is 5.91 Å². The fourth-order valence-corrected chi connectivity index (χ4v) is 4.88. The summed E-state index contributed by atoms with van der Waals surface area (Å²) in [5.74, 6) is 1.67. The Balaban J connectivity index is 1.53. The maximum Gasteiger partial charge on any atom is 0.254 e. The maximum absolute atomic E-state index is 13.5. The molecule has 1 saturated heterocycles. The largest absolute Gasteiger partial charge is 0.494 e. The van der Waals surface area contributed by atoms with Gasteiger partial charge < -0.3 is 28.7 Å². The molecule has 2 amide bonds. The molecule has 3 aromatic carbocycles. The normalized spacial score (nSPS) is 13.5. The van der Waals surface area contributed by atoms with Gasteiger partial charge in [-0.05, 0) is 59.5 Å². The molecule has 216 valence electrons. The van der Waals surface area contributed by atoms with Crippen molar-refractivity contribution in [1.82, 2.24) is 9.80 Å². The minimum absolute atomic E-state index is 0.139. The van der Waals surface area contributed by atoms with E-state index in [0.717, 1.165) is 28.9 Å². The number of carbonyl (C=O) groups is 2. The first-order valence-corrected chi connectivity index (χ1v) is 13.8. The number of amides is 2. The molecule has 8 nitrogen and oxygen atoms in total. The van der Waals surface area contributed by atoms with Crippen molar-refractivity contribution in [3.05, 3.63) is 88.5 Å². The van der Waals surface area contributed by atoms with Gasteiger partial charge in [0.15, 0.2) is 11.5 Å². The highest BCUT2D eigenvalue weighted by atomic mass is 35.5. The zero-order valence-corrected chi connectivity index (χ0v) is 24.6. The second-order valence-electron chi connectivity index (χ2n) is 9.48. The lowest BCUT2D eigenvalue weighted by molar-refractivity contribution is -0.127. The molecule has 0 unspecified atom stereocenters. The molecule has 1 heterocycles. The van der Waals surface area contributed by atoms with Gasteiger partial charge in [-0.1, -0.05) is 42.8 Å². The summed E-state index contributed by atoms with van der Waals surface area (Å²) >= 11 is 6.31. The van der Waals surface area contributed by atoms with E-state index in [1.54, 1.807) is 34.1 Å². The highest BCUT2D eigenvalue weighted by Gasteiger charge is 2.26. The average molecular weight is 579 g/mol. The van der Waals surface area contributed by atoms with E-state index in [2.05, 4.69) is 6.92 Å². The molecule has 1 aliphatic heterocycles. The van der Waals surface area contributed by atoms with Gasteiger partial charge in [-0.3, -0.25) is 9.59 Å². The number of hydrogen-bond donors (Lipinski definition) is 0. The van der Waals surface area contributed by atoms with Gasteiger partial charge in [0.2, 0.25) is 11.7 Å². The lowest BCUT2D eigenvalue weighted by Gasteiger charge is -2.34. The molecule has 0 aromatic heterocycles. The third-order valence-electron chi connectivity index (χ3n) is 6.81. The summed E-state index contributed by atoms with van der Waals surface area (Å²) in [4.78, 5) is 30.3. The van der Waals surface area contributed by atoms with Crippen molar-refractivity contribution in [3.63, 3.8) is 0 Å². The Labute approximate surface area is 246 Å². The molecule has 0 bridgehead atoms. The smallest absolute Gasteiger partial charge is 0.254 e. The number of nitrogens with zero attached hydrogens (tertiary/aromatic N) is 2. The van der Waals surface area contributed by atoms with Crippen molar-refractivity contribution in [2.24, 2.45) is 0 Å². The van der Waals surface area contributed by atoms with Crippen LogP contribution in [0.5, 0.6) is 23.0 Å². The average Bonchev–Trinajstić information content (AvgIpc) is 3.01. The van der Waals surface area contributed by atoms with E-state index in [1.165, 1.54) is 21.3 Å². The molecule has 41 heavy (non-hydrogen) atoms. The Morgan fingerprint density at radius 1 is 0.805 bits per heavy atom. The predicted octanol–water partition coefficient (Wildman–Crippen LogP) is 5.57. The molecule has 0 N–H and O–H groups in total. The van der Waals surface area contributed by atoms with Gasteiger partial charge in [0.05, 0.1) is 27.9 Å². The van der Waals surface area contributed by atoms with Crippen molar-refractivity contribution in [3.8, 4) is 23.0 Å². The number of halogens is 1. The highest BCUT2D eigenvalue weighted by Crippen LogP contribution is 2.38. The summed E-state index contributed by atoms with van der Waals surface area (Å²) in [6.07, 6.45) is 2.54. The first-order chi connectivity index (χ1) is 19.9. The van der Waals surface area contributed by atoms with E-state index < -0.39 is 0 Å². The van der Waals surface area contributed by atoms with Crippen molar-refractivity contribution in [1.29, 1.82) is 0 Å². The Bertz CT molecular complexity index is 1390. The summed E-state index contributed by atoms with van der Waals surface area (Å²) in [7, 11) is 4.53. The second-order valence-corrected chi connectivity index (χ2v) is 9.91. The maximum atomic E-state index is 13.5. The molecule has 4 rings (SSSR count).